The summed E-state index contributed by atoms with van der Waals surface area (Å²) in [5.74, 6) is -0.583. The predicted octanol–water partition coefficient (Wildman–Crippen LogP) is 6.93. The Kier molecular flexibility index (Phi) is 11.8. The van der Waals surface area contributed by atoms with Gasteiger partial charge < -0.3 is 28.8 Å². The SMILES string of the molecule is O=C(O[C@@H]1[C@@H](O)[C@H](OCc2ccccc2)[C@@H](OCc2ccccc2)[C@H](OCc2ccccc2)[C@H]1OCc1ccccc1)c1ccccc1. The Morgan fingerprint density at radius 2 is 0.708 bits per heavy atom. The number of ether oxygens (including phenoxy) is 5. The van der Waals surface area contributed by atoms with E-state index in [1.807, 2.05) is 127 Å². The molecule has 0 saturated heterocycles. The average molecular weight is 645 g/mol. The van der Waals surface area contributed by atoms with Crippen LogP contribution >= 0.6 is 0 Å². The number of rotatable bonds is 14. The topological polar surface area (TPSA) is 83.5 Å². The van der Waals surface area contributed by atoms with Crippen molar-refractivity contribution < 1.29 is 33.6 Å². The first kappa shape index (κ1) is 33.3. The van der Waals surface area contributed by atoms with Gasteiger partial charge in [0.25, 0.3) is 0 Å². The zero-order valence-corrected chi connectivity index (χ0v) is 26.6. The summed E-state index contributed by atoms with van der Waals surface area (Å²) in [6.07, 6.45) is -5.87. The smallest absolute Gasteiger partial charge is 0.338 e. The van der Waals surface area contributed by atoms with E-state index in [0.717, 1.165) is 22.3 Å². The Hall–Kier alpha value is -4.63. The van der Waals surface area contributed by atoms with Crippen LogP contribution in [0.1, 0.15) is 32.6 Å². The maximum absolute atomic E-state index is 13.5. The maximum atomic E-state index is 13.5. The highest BCUT2D eigenvalue weighted by molar-refractivity contribution is 5.89. The minimum atomic E-state index is -1.31. The van der Waals surface area contributed by atoms with Crippen LogP contribution in [0, 0.1) is 0 Å². The number of aliphatic hydroxyl groups excluding tert-OH is 1. The second-order valence-electron chi connectivity index (χ2n) is 11.8. The van der Waals surface area contributed by atoms with Gasteiger partial charge in [-0.2, -0.15) is 0 Å². The third-order valence-corrected chi connectivity index (χ3v) is 8.36. The molecule has 5 aromatic rings. The van der Waals surface area contributed by atoms with Gasteiger partial charge in [0.1, 0.15) is 30.5 Å². The predicted molar refractivity (Wildman–Crippen MR) is 182 cm³/mol. The molecule has 0 aromatic heterocycles. The lowest BCUT2D eigenvalue weighted by Crippen LogP contribution is -2.67. The number of carbonyl (C=O) groups excluding carboxylic acids is 1. The first-order chi connectivity index (χ1) is 23.7. The number of esters is 1. The monoisotopic (exact) mass is 644 g/mol. The molecule has 0 heterocycles. The molecule has 1 saturated carbocycles. The molecule has 6 atom stereocenters. The Balaban J connectivity index is 1.37. The van der Waals surface area contributed by atoms with Gasteiger partial charge in [-0.15, -0.1) is 0 Å². The third-order valence-electron chi connectivity index (χ3n) is 8.36. The van der Waals surface area contributed by atoms with Crippen molar-refractivity contribution in [1.82, 2.24) is 0 Å². The summed E-state index contributed by atoms with van der Waals surface area (Å²) in [7, 11) is 0. The number of hydrogen-bond acceptors (Lipinski definition) is 7. The van der Waals surface area contributed by atoms with Gasteiger partial charge >= 0.3 is 5.97 Å². The summed E-state index contributed by atoms with van der Waals surface area (Å²) in [6, 6.07) is 47.8. The highest BCUT2D eigenvalue weighted by Gasteiger charge is 2.55. The minimum absolute atomic E-state index is 0.198. The quantitative estimate of drug-likeness (QED) is 0.131. The lowest BCUT2D eigenvalue weighted by Gasteiger charge is -2.48. The molecule has 246 valence electrons. The van der Waals surface area contributed by atoms with E-state index >= 15 is 0 Å². The summed E-state index contributed by atoms with van der Waals surface area (Å²) in [5.41, 5.74) is 4.11. The molecule has 0 unspecified atom stereocenters. The first-order valence-corrected chi connectivity index (χ1v) is 16.2. The summed E-state index contributed by atoms with van der Waals surface area (Å²) < 4.78 is 32.5. The van der Waals surface area contributed by atoms with Crippen molar-refractivity contribution in [2.24, 2.45) is 0 Å². The summed E-state index contributed by atoms with van der Waals surface area (Å²) in [4.78, 5) is 13.5. The largest absolute Gasteiger partial charge is 0.453 e. The molecule has 1 aliphatic carbocycles. The van der Waals surface area contributed by atoms with E-state index in [1.165, 1.54) is 0 Å². The molecule has 5 aromatic carbocycles. The molecule has 0 radical (unpaired) electrons. The second kappa shape index (κ2) is 17.0. The lowest BCUT2D eigenvalue weighted by molar-refractivity contribution is -0.273. The Morgan fingerprint density at radius 1 is 0.417 bits per heavy atom. The van der Waals surface area contributed by atoms with Crippen LogP contribution < -0.4 is 0 Å². The molecule has 6 rings (SSSR count). The van der Waals surface area contributed by atoms with Gasteiger partial charge in [-0.3, -0.25) is 0 Å². The molecule has 1 aliphatic rings. The zero-order chi connectivity index (χ0) is 33.0. The van der Waals surface area contributed by atoms with Gasteiger partial charge in [-0.25, -0.2) is 4.79 Å². The van der Waals surface area contributed by atoms with E-state index in [0.29, 0.717) is 5.56 Å². The van der Waals surface area contributed by atoms with Crippen LogP contribution in [-0.4, -0.2) is 47.7 Å². The average Bonchev–Trinajstić information content (AvgIpc) is 3.15. The van der Waals surface area contributed by atoms with Crippen molar-refractivity contribution in [2.75, 3.05) is 0 Å². The summed E-state index contributed by atoms with van der Waals surface area (Å²) in [5, 5.41) is 12.1. The van der Waals surface area contributed by atoms with E-state index in [1.54, 1.807) is 24.3 Å². The van der Waals surface area contributed by atoms with Crippen LogP contribution in [0.5, 0.6) is 0 Å². The van der Waals surface area contributed by atoms with Crippen molar-refractivity contribution in [3.05, 3.63) is 179 Å². The Morgan fingerprint density at radius 3 is 1.08 bits per heavy atom. The number of hydrogen-bond donors (Lipinski definition) is 1. The second-order valence-corrected chi connectivity index (χ2v) is 11.8. The van der Waals surface area contributed by atoms with Crippen molar-refractivity contribution in [2.45, 2.75) is 63.1 Å². The third kappa shape index (κ3) is 8.83. The standard InChI is InChI=1S/C41H40O7/c42-35-36(44-26-30-16-6-1-7-17-30)38(45-27-31-18-8-2-9-19-31)40(47-29-33-22-12-4-13-23-33)39(46-28-32-20-10-3-11-21-32)37(35)48-41(43)34-24-14-5-15-25-34/h1-25,35-40,42H,26-29H2/t35-,36-,37+,38+,39-,40-/m0/s1. The summed E-state index contributed by atoms with van der Waals surface area (Å²) in [6.45, 7) is 0.884. The number of carbonyl (C=O) groups is 1. The zero-order valence-electron chi connectivity index (χ0n) is 26.6. The van der Waals surface area contributed by atoms with Crippen LogP contribution in [0.4, 0.5) is 0 Å². The van der Waals surface area contributed by atoms with E-state index in [2.05, 4.69) is 0 Å². The molecule has 0 bridgehead atoms. The molecule has 1 fully saturated rings. The fourth-order valence-corrected chi connectivity index (χ4v) is 5.87. The molecule has 7 nitrogen and oxygen atoms in total. The first-order valence-electron chi connectivity index (χ1n) is 16.2. The van der Waals surface area contributed by atoms with Crippen LogP contribution in [-0.2, 0) is 50.1 Å². The van der Waals surface area contributed by atoms with Gasteiger partial charge in [0.15, 0.2) is 6.10 Å². The van der Waals surface area contributed by atoms with E-state index < -0.39 is 42.6 Å². The minimum Gasteiger partial charge on any atom is -0.453 e. The van der Waals surface area contributed by atoms with E-state index in [4.69, 9.17) is 23.7 Å². The van der Waals surface area contributed by atoms with E-state index in [-0.39, 0.29) is 26.4 Å². The molecule has 48 heavy (non-hydrogen) atoms. The Labute approximate surface area is 281 Å². The number of benzene rings is 5. The fraction of sp³-hybridized carbons (Fsp3) is 0.244. The molecule has 0 spiro atoms. The lowest BCUT2D eigenvalue weighted by atomic mass is 9.83. The van der Waals surface area contributed by atoms with Crippen LogP contribution in [0.3, 0.4) is 0 Å². The van der Waals surface area contributed by atoms with E-state index in [9.17, 15) is 9.90 Å². The highest BCUT2D eigenvalue weighted by atomic mass is 16.6. The normalized spacial score (nSPS) is 22.2. The molecule has 7 heteroatoms. The maximum Gasteiger partial charge on any atom is 0.338 e. The molecular weight excluding hydrogens is 604 g/mol. The van der Waals surface area contributed by atoms with Crippen molar-refractivity contribution in [3.8, 4) is 0 Å². The van der Waals surface area contributed by atoms with Crippen molar-refractivity contribution in [3.63, 3.8) is 0 Å². The molecular formula is C41H40O7. The summed E-state index contributed by atoms with van der Waals surface area (Å²) >= 11 is 0. The van der Waals surface area contributed by atoms with Crippen molar-refractivity contribution in [1.29, 1.82) is 0 Å². The molecule has 0 amide bonds. The van der Waals surface area contributed by atoms with Gasteiger partial charge in [-0.1, -0.05) is 140 Å². The number of aliphatic hydroxyl groups is 1. The van der Waals surface area contributed by atoms with Crippen LogP contribution in [0.25, 0.3) is 0 Å². The van der Waals surface area contributed by atoms with Gasteiger partial charge in [-0.05, 0) is 34.4 Å². The molecule has 1 N–H and O–H groups in total. The van der Waals surface area contributed by atoms with Crippen LogP contribution in [0.15, 0.2) is 152 Å². The van der Waals surface area contributed by atoms with Gasteiger partial charge in [0, 0.05) is 0 Å². The van der Waals surface area contributed by atoms with Crippen molar-refractivity contribution >= 4 is 5.97 Å². The Bertz CT molecular complexity index is 1650. The molecule has 0 aliphatic heterocycles. The van der Waals surface area contributed by atoms with Crippen LogP contribution in [0.2, 0.25) is 0 Å². The highest BCUT2D eigenvalue weighted by Crippen LogP contribution is 2.35. The van der Waals surface area contributed by atoms with Gasteiger partial charge in [0.2, 0.25) is 0 Å². The van der Waals surface area contributed by atoms with Gasteiger partial charge in [0.05, 0.1) is 32.0 Å². The fourth-order valence-electron chi connectivity index (χ4n) is 5.87.